The number of furan rings is 1. The van der Waals surface area contributed by atoms with Gasteiger partial charge in [-0.05, 0) is 90.4 Å². The van der Waals surface area contributed by atoms with E-state index in [1.54, 1.807) is 36.4 Å². The molecule has 2 aromatic heterocycles. The van der Waals surface area contributed by atoms with Crippen molar-refractivity contribution < 1.29 is 18.7 Å². The second-order valence-corrected chi connectivity index (χ2v) is 9.96. The van der Waals surface area contributed by atoms with Crippen LogP contribution in [0.1, 0.15) is 31.1 Å². The molecule has 0 aliphatic carbocycles. The lowest BCUT2D eigenvalue weighted by Gasteiger charge is -2.09. The van der Waals surface area contributed by atoms with Crippen LogP contribution in [-0.2, 0) is 4.79 Å². The van der Waals surface area contributed by atoms with Gasteiger partial charge in [-0.2, -0.15) is 0 Å². The molecule has 0 fully saturated rings. The molecule has 0 atom stereocenters. The van der Waals surface area contributed by atoms with Gasteiger partial charge in [0.2, 0.25) is 11.8 Å². The first-order chi connectivity index (χ1) is 18.7. The van der Waals surface area contributed by atoms with Crippen LogP contribution in [0.15, 0.2) is 87.7 Å². The number of halogens is 1. The highest BCUT2D eigenvalue weighted by Gasteiger charge is 2.14. The van der Waals surface area contributed by atoms with E-state index < -0.39 is 5.91 Å². The Morgan fingerprint density at radius 1 is 1.03 bits per heavy atom. The highest BCUT2D eigenvalue weighted by atomic mass is 35.5. The maximum Gasteiger partial charge on any atom is 0.250 e. The first kappa shape index (κ1) is 26.2. The highest BCUT2D eigenvalue weighted by Crippen LogP contribution is 2.34. The van der Waals surface area contributed by atoms with Crippen LogP contribution < -0.4 is 10.6 Å². The second kappa shape index (κ2) is 11.1. The van der Waals surface area contributed by atoms with E-state index in [2.05, 4.69) is 29.5 Å². The van der Waals surface area contributed by atoms with Crippen LogP contribution >= 0.6 is 23.8 Å². The van der Waals surface area contributed by atoms with Gasteiger partial charge in [0.1, 0.15) is 22.8 Å². The molecule has 196 valence electrons. The van der Waals surface area contributed by atoms with Crippen molar-refractivity contribution in [1.29, 1.82) is 0 Å². The molecule has 5 rings (SSSR count). The van der Waals surface area contributed by atoms with Gasteiger partial charge >= 0.3 is 0 Å². The van der Waals surface area contributed by atoms with E-state index in [1.165, 1.54) is 12.1 Å². The number of benzene rings is 3. The maximum atomic E-state index is 12.3. The number of nitrogens with zero attached hydrogens (tertiary/aromatic N) is 1. The first-order valence-corrected chi connectivity index (χ1v) is 12.9. The zero-order valence-electron chi connectivity index (χ0n) is 21.1. The van der Waals surface area contributed by atoms with Crippen molar-refractivity contribution in [3.63, 3.8) is 0 Å². The normalized spacial score (nSPS) is 11.4. The number of amides is 1. The van der Waals surface area contributed by atoms with Gasteiger partial charge in [0.05, 0.1) is 5.56 Å². The Morgan fingerprint density at radius 2 is 1.82 bits per heavy atom. The third-order valence-corrected chi connectivity index (χ3v) is 6.41. The van der Waals surface area contributed by atoms with E-state index in [4.69, 9.17) is 32.7 Å². The van der Waals surface area contributed by atoms with Crippen molar-refractivity contribution >= 4 is 57.7 Å². The average Bonchev–Trinajstić information content (AvgIpc) is 3.54. The Kier molecular flexibility index (Phi) is 7.49. The van der Waals surface area contributed by atoms with Crippen LogP contribution in [0.25, 0.3) is 40.0 Å². The number of aromatic nitrogens is 1. The number of rotatable bonds is 6. The van der Waals surface area contributed by atoms with Gasteiger partial charge in [0, 0.05) is 28.4 Å². The number of oxazole rings is 1. The van der Waals surface area contributed by atoms with Crippen molar-refractivity contribution in [1.82, 2.24) is 10.3 Å². The van der Waals surface area contributed by atoms with Crippen LogP contribution in [-0.4, -0.2) is 21.1 Å². The summed E-state index contributed by atoms with van der Waals surface area (Å²) in [6, 6.07) is 21.6. The van der Waals surface area contributed by atoms with Crippen molar-refractivity contribution in [3.8, 4) is 28.5 Å². The predicted octanol–water partition coefficient (Wildman–Crippen LogP) is 7.76. The van der Waals surface area contributed by atoms with Crippen LogP contribution in [0.2, 0.25) is 5.02 Å². The number of anilines is 1. The van der Waals surface area contributed by atoms with Gasteiger partial charge < -0.3 is 19.3 Å². The van der Waals surface area contributed by atoms with Gasteiger partial charge in [-0.1, -0.05) is 31.5 Å². The Labute approximate surface area is 235 Å². The van der Waals surface area contributed by atoms with E-state index in [0.717, 1.165) is 16.6 Å². The third-order valence-electron chi connectivity index (χ3n) is 5.96. The molecule has 1 amide bonds. The third kappa shape index (κ3) is 6.19. The second-order valence-electron chi connectivity index (χ2n) is 9.12. The van der Waals surface area contributed by atoms with Crippen molar-refractivity contribution in [3.05, 3.63) is 95.2 Å². The summed E-state index contributed by atoms with van der Waals surface area (Å²) in [5, 5.41) is 16.8. The Bertz CT molecular complexity index is 1700. The van der Waals surface area contributed by atoms with Gasteiger partial charge in [-0.25, -0.2) is 4.98 Å². The molecular formula is C30H24ClN3O4S. The standard InChI is InChI=1S/C30H24ClN3O4S/c1-17(2)19-5-12-27-24(15-19)33-29(38-27)23-11-8-21(16-25(23)35)32-30(39)34-28(36)14-10-22-9-13-26(37-22)18-3-6-20(31)7-4-18/h3-17,35H,1-2H3,(H2,32,34,36,39). The molecule has 0 aliphatic heterocycles. The van der Waals surface area contributed by atoms with E-state index >= 15 is 0 Å². The smallest absolute Gasteiger partial charge is 0.250 e. The number of carbonyl (C=O) groups is 1. The topological polar surface area (TPSA) is 101 Å². The minimum Gasteiger partial charge on any atom is -0.507 e. The molecular weight excluding hydrogens is 534 g/mol. The quantitative estimate of drug-likeness (QED) is 0.145. The zero-order valence-corrected chi connectivity index (χ0v) is 22.6. The molecule has 3 aromatic carbocycles. The molecule has 3 N–H and O–H groups in total. The van der Waals surface area contributed by atoms with Crippen molar-refractivity contribution in [2.75, 3.05) is 5.32 Å². The molecule has 0 bridgehead atoms. The summed E-state index contributed by atoms with van der Waals surface area (Å²) < 4.78 is 11.6. The summed E-state index contributed by atoms with van der Waals surface area (Å²) in [5.74, 6) is 1.36. The number of thiocarbonyl (C=S) groups is 1. The van der Waals surface area contributed by atoms with Crippen LogP contribution in [0, 0.1) is 0 Å². The lowest BCUT2D eigenvalue weighted by Crippen LogP contribution is -2.32. The number of nitrogens with one attached hydrogen (secondary N) is 2. The van der Waals surface area contributed by atoms with E-state index in [9.17, 15) is 9.90 Å². The number of hydrogen-bond acceptors (Lipinski definition) is 6. The number of hydrogen-bond donors (Lipinski definition) is 3. The summed E-state index contributed by atoms with van der Waals surface area (Å²) in [6.45, 7) is 4.22. The molecule has 0 radical (unpaired) electrons. The molecule has 0 aliphatic rings. The molecule has 0 saturated carbocycles. The fraction of sp³-hybridized carbons (Fsp3) is 0.100. The molecule has 39 heavy (non-hydrogen) atoms. The minimum absolute atomic E-state index is 0.0426. The van der Waals surface area contributed by atoms with Gasteiger partial charge in [-0.3, -0.25) is 10.1 Å². The number of phenols is 1. The Balaban J connectivity index is 1.20. The lowest BCUT2D eigenvalue weighted by molar-refractivity contribution is -0.115. The summed E-state index contributed by atoms with van der Waals surface area (Å²) in [6.07, 6.45) is 2.86. The van der Waals surface area contributed by atoms with Gasteiger partial charge in [-0.15, -0.1) is 0 Å². The van der Waals surface area contributed by atoms with Gasteiger partial charge in [0.25, 0.3) is 0 Å². The van der Waals surface area contributed by atoms with Crippen molar-refractivity contribution in [2.45, 2.75) is 19.8 Å². The summed E-state index contributed by atoms with van der Waals surface area (Å²) in [5.41, 5.74) is 4.33. The zero-order chi connectivity index (χ0) is 27.5. The average molecular weight is 558 g/mol. The highest BCUT2D eigenvalue weighted by molar-refractivity contribution is 7.80. The summed E-state index contributed by atoms with van der Waals surface area (Å²) >= 11 is 11.2. The first-order valence-electron chi connectivity index (χ1n) is 12.1. The monoisotopic (exact) mass is 557 g/mol. The summed E-state index contributed by atoms with van der Waals surface area (Å²) in [7, 11) is 0. The SMILES string of the molecule is CC(C)c1ccc2oc(-c3ccc(NC(=S)NC(=O)C=Cc4ccc(-c5ccc(Cl)cc5)o4)cc3O)nc2c1. The van der Waals surface area contributed by atoms with E-state index in [-0.39, 0.29) is 10.9 Å². The van der Waals surface area contributed by atoms with Gasteiger partial charge in [0.15, 0.2) is 10.7 Å². The van der Waals surface area contributed by atoms with Crippen LogP contribution in [0.3, 0.4) is 0 Å². The largest absolute Gasteiger partial charge is 0.507 e. The van der Waals surface area contributed by atoms with Crippen LogP contribution in [0.4, 0.5) is 5.69 Å². The lowest BCUT2D eigenvalue weighted by atomic mass is 10.0. The Hall–Kier alpha value is -4.40. The molecule has 5 aromatic rings. The van der Waals surface area contributed by atoms with Crippen LogP contribution in [0.5, 0.6) is 5.75 Å². The number of phenolic OH excluding ortho intramolecular Hbond substituents is 1. The molecule has 0 spiro atoms. The molecule has 7 nitrogen and oxygen atoms in total. The number of fused-ring (bicyclic) bond motifs is 1. The maximum absolute atomic E-state index is 12.3. The van der Waals surface area contributed by atoms with E-state index in [0.29, 0.717) is 45.2 Å². The molecule has 9 heteroatoms. The number of carbonyl (C=O) groups excluding carboxylic acids is 1. The predicted molar refractivity (Wildman–Crippen MR) is 158 cm³/mol. The molecule has 0 unspecified atom stereocenters. The minimum atomic E-state index is -0.440. The summed E-state index contributed by atoms with van der Waals surface area (Å²) in [4.78, 5) is 16.9. The molecule has 0 saturated heterocycles. The van der Waals surface area contributed by atoms with E-state index in [1.807, 2.05) is 36.4 Å². The fourth-order valence-electron chi connectivity index (χ4n) is 3.89. The number of aromatic hydroxyl groups is 1. The van der Waals surface area contributed by atoms with Crippen molar-refractivity contribution in [2.24, 2.45) is 0 Å². The molecule has 2 heterocycles. The fourth-order valence-corrected chi connectivity index (χ4v) is 4.24. The Morgan fingerprint density at radius 3 is 2.56 bits per heavy atom.